The van der Waals surface area contributed by atoms with Crippen molar-refractivity contribution in [1.29, 1.82) is 0 Å². The minimum Gasteiger partial charge on any atom is -0.370 e. The van der Waals surface area contributed by atoms with Gasteiger partial charge in [-0.05, 0) is 12.3 Å². The Hall–Kier alpha value is -1.10. The van der Waals surface area contributed by atoms with Crippen molar-refractivity contribution in [1.82, 2.24) is 10.3 Å². The SMILES string of the molecule is CCCCCCNC(N)=NCc1nc(C(C)C)cs1. The normalized spacial score (nSPS) is 12.1. The molecule has 0 fully saturated rings. The molecule has 1 rings (SSSR count). The molecule has 0 saturated carbocycles. The number of nitrogens with one attached hydrogen (secondary N) is 1. The van der Waals surface area contributed by atoms with E-state index in [4.69, 9.17) is 5.73 Å². The third-order valence-electron chi connectivity index (χ3n) is 2.88. The van der Waals surface area contributed by atoms with Crippen LogP contribution in [0.3, 0.4) is 0 Å². The number of nitrogens with two attached hydrogens (primary N) is 1. The third kappa shape index (κ3) is 6.57. The van der Waals surface area contributed by atoms with E-state index in [0.717, 1.165) is 23.7 Å². The lowest BCUT2D eigenvalue weighted by molar-refractivity contribution is 0.652. The summed E-state index contributed by atoms with van der Waals surface area (Å²) < 4.78 is 0. The summed E-state index contributed by atoms with van der Waals surface area (Å²) in [5.41, 5.74) is 6.96. The van der Waals surface area contributed by atoms with E-state index in [-0.39, 0.29) is 0 Å². The van der Waals surface area contributed by atoms with Crippen LogP contribution >= 0.6 is 11.3 Å². The number of nitrogens with zero attached hydrogens (tertiary/aromatic N) is 2. The largest absolute Gasteiger partial charge is 0.370 e. The van der Waals surface area contributed by atoms with E-state index in [1.54, 1.807) is 11.3 Å². The molecule has 4 nitrogen and oxygen atoms in total. The fourth-order valence-electron chi connectivity index (χ4n) is 1.64. The average molecular weight is 282 g/mol. The zero-order valence-electron chi connectivity index (χ0n) is 12.3. The lowest BCUT2D eigenvalue weighted by Crippen LogP contribution is -2.32. The van der Waals surface area contributed by atoms with Gasteiger partial charge >= 0.3 is 0 Å². The van der Waals surface area contributed by atoms with Gasteiger partial charge in [-0.15, -0.1) is 11.3 Å². The van der Waals surface area contributed by atoms with E-state index < -0.39 is 0 Å². The van der Waals surface area contributed by atoms with Gasteiger partial charge in [0, 0.05) is 11.9 Å². The number of thiazole rings is 1. The lowest BCUT2D eigenvalue weighted by Gasteiger charge is -2.04. The first-order chi connectivity index (χ1) is 9.13. The van der Waals surface area contributed by atoms with Crippen molar-refractivity contribution in [3.05, 3.63) is 16.1 Å². The van der Waals surface area contributed by atoms with Crippen LogP contribution in [0.2, 0.25) is 0 Å². The van der Waals surface area contributed by atoms with Crippen LogP contribution in [0.1, 0.15) is 63.1 Å². The zero-order valence-corrected chi connectivity index (χ0v) is 13.1. The molecule has 1 aromatic heterocycles. The Morgan fingerprint density at radius 3 is 2.84 bits per heavy atom. The second-order valence-electron chi connectivity index (χ2n) is 5.01. The Morgan fingerprint density at radius 1 is 1.42 bits per heavy atom. The summed E-state index contributed by atoms with van der Waals surface area (Å²) in [6.45, 7) is 7.99. The molecule has 0 unspecified atom stereocenters. The van der Waals surface area contributed by atoms with E-state index in [9.17, 15) is 0 Å². The second-order valence-corrected chi connectivity index (χ2v) is 5.95. The number of hydrogen-bond donors (Lipinski definition) is 2. The van der Waals surface area contributed by atoms with Gasteiger partial charge in [-0.3, -0.25) is 0 Å². The molecule has 0 spiro atoms. The maximum Gasteiger partial charge on any atom is 0.189 e. The first-order valence-electron chi connectivity index (χ1n) is 7.11. The topological polar surface area (TPSA) is 63.3 Å². The number of rotatable bonds is 8. The maximum absolute atomic E-state index is 5.82. The van der Waals surface area contributed by atoms with Crippen LogP contribution in [0.15, 0.2) is 10.4 Å². The van der Waals surface area contributed by atoms with Gasteiger partial charge in [-0.25, -0.2) is 9.98 Å². The van der Waals surface area contributed by atoms with Gasteiger partial charge in [0.1, 0.15) is 5.01 Å². The summed E-state index contributed by atoms with van der Waals surface area (Å²) in [5, 5.41) is 6.27. The van der Waals surface area contributed by atoms with Crippen molar-refractivity contribution < 1.29 is 0 Å². The molecular weight excluding hydrogens is 256 g/mol. The summed E-state index contributed by atoms with van der Waals surface area (Å²) in [6.07, 6.45) is 4.95. The van der Waals surface area contributed by atoms with Crippen molar-refractivity contribution in [2.75, 3.05) is 6.54 Å². The van der Waals surface area contributed by atoms with Crippen molar-refractivity contribution in [2.45, 2.75) is 58.9 Å². The molecule has 0 atom stereocenters. The molecule has 108 valence electrons. The van der Waals surface area contributed by atoms with E-state index in [1.165, 1.54) is 19.3 Å². The van der Waals surface area contributed by atoms with Crippen molar-refractivity contribution in [2.24, 2.45) is 10.7 Å². The number of aromatic nitrogens is 1. The van der Waals surface area contributed by atoms with Crippen LogP contribution in [0.4, 0.5) is 0 Å². The fourth-order valence-corrected chi connectivity index (χ4v) is 2.52. The van der Waals surface area contributed by atoms with Gasteiger partial charge < -0.3 is 11.1 Å². The average Bonchev–Trinajstić information content (AvgIpc) is 2.85. The number of guanidine groups is 1. The zero-order chi connectivity index (χ0) is 14.1. The van der Waals surface area contributed by atoms with Crippen molar-refractivity contribution >= 4 is 17.3 Å². The first-order valence-corrected chi connectivity index (χ1v) is 7.99. The number of unbranched alkanes of at least 4 members (excludes halogenated alkanes) is 3. The highest BCUT2D eigenvalue weighted by Gasteiger charge is 2.04. The number of hydrogen-bond acceptors (Lipinski definition) is 3. The first kappa shape index (κ1) is 16.0. The molecule has 3 N–H and O–H groups in total. The van der Waals surface area contributed by atoms with Gasteiger partial charge in [0.25, 0.3) is 0 Å². The Morgan fingerprint density at radius 2 is 2.21 bits per heavy atom. The van der Waals surface area contributed by atoms with E-state index in [1.807, 2.05) is 0 Å². The standard InChI is InChI=1S/C14H26N4S/c1-4-5-6-7-8-16-14(15)17-9-13-18-12(10-19-13)11(2)3/h10-11H,4-9H2,1-3H3,(H3,15,16,17). The van der Waals surface area contributed by atoms with Gasteiger partial charge in [-0.1, -0.05) is 40.0 Å². The van der Waals surface area contributed by atoms with Crippen LogP contribution in [-0.4, -0.2) is 17.5 Å². The Kier molecular flexibility index (Phi) is 7.48. The minimum absolute atomic E-state index is 0.475. The van der Waals surface area contributed by atoms with Crippen LogP contribution < -0.4 is 11.1 Å². The smallest absolute Gasteiger partial charge is 0.189 e. The summed E-state index contributed by atoms with van der Waals surface area (Å²) in [4.78, 5) is 8.85. The number of aliphatic imine (C=N–C) groups is 1. The third-order valence-corrected chi connectivity index (χ3v) is 3.73. The highest BCUT2D eigenvalue weighted by molar-refractivity contribution is 7.09. The van der Waals surface area contributed by atoms with Crippen LogP contribution in [-0.2, 0) is 6.54 Å². The fraction of sp³-hybridized carbons (Fsp3) is 0.714. The van der Waals surface area contributed by atoms with Gasteiger partial charge in [0.2, 0.25) is 0 Å². The van der Waals surface area contributed by atoms with Crippen LogP contribution in [0, 0.1) is 0 Å². The predicted molar refractivity (Wildman–Crippen MR) is 83.7 cm³/mol. The Labute approximate surface area is 120 Å². The Bertz CT molecular complexity index is 385. The predicted octanol–water partition coefficient (Wildman–Crippen LogP) is 3.25. The highest BCUT2D eigenvalue weighted by atomic mass is 32.1. The molecule has 0 aliphatic carbocycles. The monoisotopic (exact) mass is 282 g/mol. The van der Waals surface area contributed by atoms with Crippen LogP contribution in [0.25, 0.3) is 0 Å². The maximum atomic E-state index is 5.82. The lowest BCUT2D eigenvalue weighted by atomic mass is 10.2. The summed E-state index contributed by atoms with van der Waals surface area (Å²) in [7, 11) is 0. The molecule has 1 heterocycles. The summed E-state index contributed by atoms with van der Waals surface area (Å²) >= 11 is 1.65. The molecule has 5 heteroatoms. The van der Waals surface area contributed by atoms with E-state index >= 15 is 0 Å². The Balaban J connectivity index is 2.26. The summed E-state index contributed by atoms with van der Waals surface area (Å²) in [6, 6.07) is 0. The highest BCUT2D eigenvalue weighted by Crippen LogP contribution is 2.18. The molecule has 0 aromatic carbocycles. The molecular formula is C14H26N4S. The minimum atomic E-state index is 0.475. The summed E-state index contributed by atoms with van der Waals surface area (Å²) in [5.74, 6) is 1.00. The van der Waals surface area contributed by atoms with E-state index in [2.05, 4.69) is 41.4 Å². The molecule has 0 radical (unpaired) electrons. The second kappa shape index (κ2) is 8.91. The molecule has 0 saturated heterocycles. The molecule has 0 aliphatic rings. The van der Waals surface area contributed by atoms with Crippen molar-refractivity contribution in [3.8, 4) is 0 Å². The van der Waals surface area contributed by atoms with E-state index in [0.29, 0.717) is 18.4 Å². The molecule has 0 aliphatic heterocycles. The van der Waals surface area contributed by atoms with Gasteiger partial charge in [0.15, 0.2) is 5.96 Å². The van der Waals surface area contributed by atoms with Gasteiger partial charge in [-0.2, -0.15) is 0 Å². The molecule has 0 bridgehead atoms. The van der Waals surface area contributed by atoms with Crippen molar-refractivity contribution in [3.63, 3.8) is 0 Å². The quantitative estimate of drug-likeness (QED) is 0.437. The molecule has 1 aromatic rings. The molecule has 19 heavy (non-hydrogen) atoms. The molecule has 0 amide bonds. The van der Waals surface area contributed by atoms with Crippen LogP contribution in [0.5, 0.6) is 0 Å². The van der Waals surface area contributed by atoms with Gasteiger partial charge in [0.05, 0.1) is 12.2 Å².